The Kier molecular flexibility index (Phi) is 28.0. The lowest BCUT2D eigenvalue weighted by atomic mass is 9.71. The van der Waals surface area contributed by atoms with Gasteiger partial charge in [-0.15, -0.1) is 0 Å². The Labute approximate surface area is 328 Å². The minimum Gasteiger partial charge on any atom is -0.464 e. The van der Waals surface area contributed by atoms with Crippen molar-refractivity contribution >= 4 is 11.9 Å². The summed E-state index contributed by atoms with van der Waals surface area (Å²) in [5.41, 5.74) is 0.384. The molecule has 0 aromatic carbocycles. The van der Waals surface area contributed by atoms with Crippen LogP contribution in [0, 0.1) is 17.3 Å². The second-order valence-electron chi connectivity index (χ2n) is 17.3. The van der Waals surface area contributed by atoms with E-state index in [0.29, 0.717) is 18.6 Å². The van der Waals surface area contributed by atoms with E-state index in [9.17, 15) is 14.7 Å². The van der Waals surface area contributed by atoms with Crippen LogP contribution in [0.15, 0.2) is 0 Å². The molecule has 2 fully saturated rings. The van der Waals surface area contributed by atoms with E-state index in [1.54, 1.807) is 0 Å². The van der Waals surface area contributed by atoms with E-state index in [-0.39, 0.29) is 36.4 Å². The molecule has 0 unspecified atom stereocenters. The van der Waals surface area contributed by atoms with Crippen LogP contribution in [0.4, 0.5) is 0 Å². The predicted octanol–water partition coefficient (Wildman–Crippen LogP) is 11.3. The number of carbonyl (C=O) groups is 2. The Morgan fingerprint density at radius 2 is 0.925 bits per heavy atom. The molecule has 0 aromatic heterocycles. The number of aliphatic hydroxyl groups is 1. The summed E-state index contributed by atoms with van der Waals surface area (Å²) in [6.45, 7) is 15.2. The highest BCUT2D eigenvalue weighted by molar-refractivity contribution is 5.73. The second-order valence-corrected chi connectivity index (χ2v) is 17.3. The zero-order valence-corrected chi connectivity index (χ0v) is 35.7. The molecule has 0 aromatic rings. The zero-order chi connectivity index (χ0) is 38.4. The number of esters is 2. The molecule has 1 spiro atoms. The number of carbonyl (C=O) groups excluding carboxylic acids is 2. The largest absolute Gasteiger partial charge is 0.464 e. The molecule has 0 radical (unpaired) electrons. The third kappa shape index (κ3) is 21.1. The van der Waals surface area contributed by atoms with Gasteiger partial charge >= 0.3 is 11.9 Å². The average molecular weight is 749 g/mol. The summed E-state index contributed by atoms with van der Waals surface area (Å²) in [6, 6.07) is -0.0921. The monoisotopic (exact) mass is 749 g/mol. The normalized spacial score (nSPS) is 16.2. The Bertz CT molecular complexity index is 807. The van der Waals surface area contributed by atoms with Gasteiger partial charge in [0.25, 0.3) is 0 Å². The number of piperidine rings is 1. The molecular formula is C46H88N2O5. The molecule has 2 saturated heterocycles. The van der Waals surface area contributed by atoms with Crippen molar-refractivity contribution in [2.24, 2.45) is 17.3 Å². The van der Waals surface area contributed by atoms with Gasteiger partial charge in [0.2, 0.25) is 0 Å². The van der Waals surface area contributed by atoms with Crippen LogP contribution in [0.5, 0.6) is 0 Å². The van der Waals surface area contributed by atoms with Gasteiger partial charge in [-0.05, 0) is 76.4 Å². The lowest BCUT2D eigenvalue weighted by Crippen LogP contribution is -2.61. The smallest absolute Gasteiger partial charge is 0.308 e. The molecule has 0 amide bonds. The van der Waals surface area contributed by atoms with E-state index in [1.165, 1.54) is 103 Å². The van der Waals surface area contributed by atoms with Gasteiger partial charge in [-0.3, -0.25) is 14.5 Å². The fourth-order valence-corrected chi connectivity index (χ4v) is 8.78. The fraction of sp³-hybridized carbons (Fsp3) is 0.957. The first-order valence-electron chi connectivity index (χ1n) is 23.3. The van der Waals surface area contributed by atoms with E-state index in [1.807, 2.05) is 0 Å². The maximum Gasteiger partial charge on any atom is 0.308 e. The molecule has 2 aliphatic heterocycles. The lowest BCUT2D eigenvalue weighted by molar-refractivity contribution is -0.157. The summed E-state index contributed by atoms with van der Waals surface area (Å²) in [5, 5.41) is 9.19. The van der Waals surface area contributed by atoms with Crippen molar-refractivity contribution in [3.8, 4) is 0 Å². The van der Waals surface area contributed by atoms with Crippen molar-refractivity contribution in [3.05, 3.63) is 0 Å². The van der Waals surface area contributed by atoms with Gasteiger partial charge in [-0.1, -0.05) is 156 Å². The fourth-order valence-electron chi connectivity index (χ4n) is 8.78. The van der Waals surface area contributed by atoms with Crippen LogP contribution in [0.2, 0.25) is 0 Å². The van der Waals surface area contributed by atoms with Crippen LogP contribution in [0.1, 0.15) is 207 Å². The maximum atomic E-state index is 13.7. The molecule has 2 heterocycles. The van der Waals surface area contributed by atoms with Crippen LogP contribution in [0.25, 0.3) is 0 Å². The molecule has 0 aliphatic carbocycles. The van der Waals surface area contributed by atoms with E-state index in [0.717, 1.165) is 110 Å². The first kappa shape index (κ1) is 48.0. The van der Waals surface area contributed by atoms with Crippen LogP contribution >= 0.6 is 0 Å². The molecule has 0 atom stereocenters. The summed E-state index contributed by atoms with van der Waals surface area (Å²) in [4.78, 5) is 32.5. The van der Waals surface area contributed by atoms with Crippen molar-refractivity contribution in [2.75, 3.05) is 52.5 Å². The second kappa shape index (κ2) is 31.0. The van der Waals surface area contributed by atoms with Crippen molar-refractivity contribution in [3.63, 3.8) is 0 Å². The number of likely N-dealkylation sites (tertiary alicyclic amines) is 2. The minimum atomic E-state index is -0.0921. The van der Waals surface area contributed by atoms with Gasteiger partial charge in [0.15, 0.2) is 0 Å². The summed E-state index contributed by atoms with van der Waals surface area (Å²) in [6.07, 6.45) is 32.1. The van der Waals surface area contributed by atoms with E-state index in [2.05, 4.69) is 37.5 Å². The molecule has 0 bridgehead atoms. The zero-order valence-electron chi connectivity index (χ0n) is 35.7. The van der Waals surface area contributed by atoms with Gasteiger partial charge in [0.05, 0.1) is 17.9 Å². The predicted molar refractivity (Wildman–Crippen MR) is 222 cm³/mol. The van der Waals surface area contributed by atoms with Gasteiger partial charge in [0.1, 0.15) is 13.2 Å². The number of nitrogens with zero attached hydrogens (tertiary/aromatic N) is 2. The minimum absolute atomic E-state index is 0.0253. The molecule has 7 nitrogen and oxygen atoms in total. The summed E-state index contributed by atoms with van der Waals surface area (Å²) in [7, 11) is 0. The molecule has 53 heavy (non-hydrogen) atoms. The first-order valence-corrected chi connectivity index (χ1v) is 23.3. The topological polar surface area (TPSA) is 79.3 Å². The molecule has 1 N–H and O–H groups in total. The van der Waals surface area contributed by atoms with Crippen molar-refractivity contribution in [1.29, 1.82) is 0 Å². The summed E-state index contributed by atoms with van der Waals surface area (Å²) < 4.78 is 12.5. The summed E-state index contributed by atoms with van der Waals surface area (Å²) in [5.74, 6) is -0.115. The lowest BCUT2D eigenvalue weighted by Gasteiger charge is -2.55. The Hall–Kier alpha value is -1.18. The van der Waals surface area contributed by atoms with Crippen LogP contribution in [0.3, 0.4) is 0 Å². The maximum absolute atomic E-state index is 13.7. The van der Waals surface area contributed by atoms with E-state index in [4.69, 9.17) is 9.47 Å². The third-order valence-corrected chi connectivity index (χ3v) is 12.5. The summed E-state index contributed by atoms with van der Waals surface area (Å²) >= 11 is 0. The molecule has 2 aliphatic rings. The number of ether oxygens (including phenoxy) is 2. The molecule has 312 valence electrons. The third-order valence-electron chi connectivity index (χ3n) is 12.5. The number of hydrogen-bond acceptors (Lipinski definition) is 7. The molecule has 2 rings (SSSR count). The Morgan fingerprint density at radius 3 is 1.28 bits per heavy atom. The number of aliphatic hydroxyl groups excluding tert-OH is 1. The highest BCUT2D eigenvalue weighted by Crippen LogP contribution is 2.41. The number of unbranched alkanes of at least 4 members (excludes halogenated alkanes) is 17. The van der Waals surface area contributed by atoms with Crippen molar-refractivity contribution in [2.45, 2.75) is 214 Å². The Morgan fingerprint density at radius 1 is 0.547 bits per heavy atom. The standard InChI is InChI=1S/C46H88N2O5/c1-5-9-13-17-21-27-41(28-22-18-14-10-6-2)44(50)52-37-43(48-34-31-46(32-35-48)39-47(40-46)33-25-26-36-49)38-53-45(51)42(29-23-19-15-11-7-3)30-24-20-16-12-8-4/h41-43,49H,5-40H2,1-4H3. The Balaban J connectivity index is 2.05. The number of hydrogen-bond donors (Lipinski definition) is 1. The van der Waals surface area contributed by atoms with Crippen molar-refractivity contribution < 1.29 is 24.2 Å². The van der Waals surface area contributed by atoms with Gasteiger partial charge in [-0.2, -0.15) is 0 Å². The SMILES string of the molecule is CCCCCCCC(CCCCCCC)C(=O)OCC(COC(=O)C(CCCCCCC)CCCCCCC)N1CCC2(CC1)CN(CCCCO)C2. The molecule has 7 heteroatoms. The average Bonchev–Trinajstić information content (AvgIpc) is 3.15. The highest BCUT2D eigenvalue weighted by atomic mass is 16.5. The first-order chi connectivity index (χ1) is 25.9. The van der Waals surface area contributed by atoms with Crippen LogP contribution < -0.4 is 0 Å². The number of rotatable bonds is 35. The van der Waals surface area contributed by atoms with E-state index < -0.39 is 0 Å². The van der Waals surface area contributed by atoms with Gasteiger partial charge in [0, 0.05) is 19.7 Å². The van der Waals surface area contributed by atoms with Crippen molar-refractivity contribution in [1.82, 2.24) is 9.80 Å². The van der Waals surface area contributed by atoms with Crippen LogP contribution in [-0.2, 0) is 19.1 Å². The highest BCUT2D eigenvalue weighted by Gasteiger charge is 2.45. The van der Waals surface area contributed by atoms with Crippen LogP contribution in [-0.4, -0.2) is 85.4 Å². The van der Waals surface area contributed by atoms with E-state index >= 15 is 0 Å². The molecule has 0 saturated carbocycles. The quantitative estimate of drug-likeness (QED) is 0.0510. The van der Waals surface area contributed by atoms with Gasteiger partial charge in [-0.25, -0.2) is 0 Å². The van der Waals surface area contributed by atoms with Gasteiger partial charge < -0.3 is 19.5 Å². The molecular weight excluding hydrogens is 661 g/mol.